The Hall–Kier alpha value is -2.10. The molecule has 0 bridgehead atoms. The maximum atomic E-state index is 10.7. The molecule has 0 saturated heterocycles. The van der Waals surface area contributed by atoms with E-state index >= 15 is 0 Å². The fraction of sp³-hybridized carbons (Fsp3) is 0.231. The van der Waals surface area contributed by atoms with E-state index in [9.17, 15) is 4.79 Å². The largest absolute Gasteiger partial charge is 0.356 e. The lowest BCUT2D eigenvalue weighted by molar-refractivity contribution is -0.118. The van der Waals surface area contributed by atoms with Crippen LogP contribution >= 0.6 is 0 Å². The first-order chi connectivity index (χ1) is 8.27. The van der Waals surface area contributed by atoms with Gasteiger partial charge in [0.05, 0.1) is 11.7 Å². The first-order valence-electron chi connectivity index (χ1n) is 5.60. The molecule has 0 radical (unpaired) electrons. The number of amides is 1. The average molecular weight is 229 g/mol. The van der Waals surface area contributed by atoms with Gasteiger partial charge >= 0.3 is 0 Å². The predicted octanol–water partition coefficient (Wildman–Crippen LogP) is 2.10. The van der Waals surface area contributed by atoms with Gasteiger partial charge in [-0.2, -0.15) is 5.10 Å². The van der Waals surface area contributed by atoms with E-state index in [1.54, 1.807) is 0 Å². The van der Waals surface area contributed by atoms with Crippen molar-refractivity contribution in [3.8, 4) is 0 Å². The van der Waals surface area contributed by atoms with E-state index in [0.717, 1.165) is 22.9 Å². The van der Waals surface area contributed by atoms with Gasteiger partial charge in [0.2, 0.25) is 5.91 Å². The van der Waals surface area contributed by atoms with Gasteiger partial charge in [0.1, 0.15) is 0 Å². The summed E-state index contributed by atoms with van der Waals surface area (Å²) < 4.78 is 0. The van der Waals surface area contributed by atoms with E-state index in [0.29, 0.717) is 6.54 Å². The predicted molar refractivity (Wildman–Crippen MR) is 68.4 cm³/mol. The Morgan fingerprint density at radius 3 is 3.24 bits per heavy atom. The summed E-state index contributed by atoms with van der Waals surface area (Å²) in [6.45, 7) is 2.20. The van der Waals surface area contributed by atoms with Crippen molar-refractivity contribution in [2.24, 2.45) is 0 Å². The zero-order valence-corrected chi connectivity index (χ0v) is 9.73. The Morgan fingerprint density at radius 1 is 1.53 bits per heavy atom. The van der Waals surface area contributed by atoms with Gasteiger partial charge in [-0.25, -0.2) is 0 Å². The number of H-pyrrole nitrogens is 1. The van der Waals surface area contributed by atoms with Crippen molar-refractivity contribution in [2.45, 2.75) is 13.3 Å². The molecule has 17 heavy (non-hydrogen) atoms. The molecule has 0 fully saturated rings. The summed E-state index contributed by atoms with van der Waals surface area (Å²) in [6, 6.07) is 6.04. The highest BCUT2D eigenvalue weighted by atomic mass is 16.1. The number of hydrogen-bond donors (Lipinski definition) is 2. The van der Waals surface area contributed by atoms with Gasteiger partial charge in [0.25, 0.3) is 0 Å². The number of carbonyl (C=O) groups excluding carboxylic acids is 1. The number of aromatic amines is 1. The minimum Gasteiger partial charge on any atom is -0.356 e. The third-order valence-corrected chi connectivity index (χ3v) is 2.50. The number of nitrogens with zero attached hydrogens (tertiary/aromatic N) is 1. The van der Waals surface area contributed by atoms with Crippen molar-refractivity contribution in [1.82, 2.24) is 15.5 Å². The van der Waals surface area contributed by atoms with E-state index in [-0.39, 0.29) is 5.91 Å². The van der Waals surface area contributed by atoms with Crippen LogP contribution in [0.4, 0.5) is 0 Å². The van der Waals surface area contributed by atoms with Crippen LogP contribution in [0.5, 0.6) is 0 Å². The number of benzene rings is 1. The van der Waals surface area contributed by atoms with E-state index < -0.39 is 0 Å². The lowest BCUT2D eigenvalue weighted by Gasteiger charge is -1.98. The van der Waals surface area contributed by atoms with Crippen molar-refractivity contribution in [3.63, 3.8) is 0 Å². The molecular formula is C13H15N3O. The molecule has 1 amide bonds. The Kier molecular flexibility index (Phi) is 3.55. The van der Waals surface area contributed by atoms with Gasteiger partial charge in [-0.15, -0.1) is 0 Å². The maximum Gasteiger partial charge on any atom is 0.216 e. The van der Waals surface area contributed by atoms with Crippen molar-refractivity contribution >= 4 is 22.9 Å². The average Bonchev–Trinajstić information content (AvgIpc) is 2.77. The van der Waals surface area contributed by atoms with Gasteiger partial charge in [0.15, 0.2) is 0 Å². The second-order valence-electron chi connectivity index (χ2n) is 3.85. The fourth-order valence-electron chi connectivity index (χ4n) is 1.68. The molecule has 0 aliphatic carbocycles. The van der Waals surface area contributed by atoms with Crippen LogP contribution in [0.25, 0.3) is 17.0 Å². The molecule has 0 atom stereocenters. The third-order valence-electron chi connectivity index (χ3n) is 2.50. The SMILES string of the molecule is CC(=O)NCCC=Cc1cccc2[nH]ncc12. The quantitative estimate of drug-likeness (QED) is 0.789. The molecule has 4 nitrogen and oxygen atoms in total. The van der Waals surface area contributed by atoms with E-state index in [1.807, 2.05) is 24.4 Å². The number of carbonyl (C=O) groups is 1. The third kappa shape index (κ3) is 2.93. The van der Waals surface area contributed by atoms with Gasteiger partial charge in [-0.1, -0.05) is 24.3 Å². The normalized spacial score (nSPS) is 11.1. The molecule has 2 aromatic rings. The van der Waals surface area contributed by atoms with Crippen LogP contribution in [-0.4, -0.2) is 22.6 Å². The molecule has 0 spiro atoms. The topological polar surface area (TPSA) is 57.8 Å². The standard InChI is InChI=1S/C13H15N3O/c1-10(17)14-8-3-2-5-11-6-4-7-13-12(11)9-15-16-13/h2,4-7,9H,3,8H2,1H3,(H,14,17)(H,15,16). The molecule has 0 unspecified atom stereocenters. The lowest BCUT2D eigenvalue weighted by atomic mass is 10.1. The Bertz CT molecular complexity index is 542. The van der Waals surface area contributed by atoms with Gasteiger partial charge in [-0.05, 0) is 18.1 Å². The zero-order valence-electron chi connectivity index (χ0n) is 9.73. The molecule has 0 aliphatic rings. The molecule has 4 heteroatoms. The monoisotopic (exact) mass is 229 g/mol. The van der Waals surface area contributed by atoms with E-state index in [4.69, 9.17) is 0 Å². The summed E-state index contributed by atoms with van der Waals surface area (Å²) in [5.74, 6) is 0.00957. The zero-order chi connectivity index (χ0) is 12.1. The minimum absolute atomic E-state index is 0.00957. The highest BCUT2D eigenvalue weighted by Crippen LogP contribution is 2.17. The van der Waals surface area contributed by atoms with Crippen molar-refractivity contribution < 1.29 is 4.79 Å². The second kappa shape index (κ2) is 5.30. The summed E-state index contributed by atoms with van der Waals surface area (Å²) in [5, 5.41) is 10.8. The summed E-state index contributed by atoms with van der Waals surface area (Å²) in [6.07, 6.45) is 6.76. The van der Waals surface area contributed by atoms with Crippen molar-refractivity contribution in [1.29, 1.82) is 0 Å². The molecule has 2 rings (SSSR count). The summed E-state index contributed by atoms with van der Waals surface area (Å²) in [7, 11) is 0. The van der Waals surface area contributed by atoms with Crippen LogP contribution in [-0.2, 0) is 4.79 Å². The first-order valence-corrected chi connectivity index (χ1v) is 5.60. The number of nitrogens with one attached hydrogen (secondary N) is 2. The van der Waals surface area contributed by atoms with Gasteiger partial charge in [-0.3, -0.25) is 9.89 Å². The molecule has 88 valence electrons. The smallest absolute Gasteiger partial charge is 0.216 e. The number of rotatable bonds is 4. The summed E-state index contributed by atoms with van der Waals surface area (Å²) in [4.78, 5) is 10.7. The summed E-state index contributed by atoms with van der Waals surface area (Å²) in [5.41, 5.74) is 2.17. The Balaban J connectivity index is 2.00. The lowest BCUT2D eigenvalue weighted by Crippen LogP contribution is -2.20. The summed E-state index contributed by atoms with van der Waals surface area (Å²) >= 11 is 0. The molecular weight excluding hydrogens is 214 g/mol. The minimum atomic E-state index is 0.00957. The van der Waals surface area contributed by atoms with Gasteiger partial charge < -0.3 is 5.32 Å². The Labute approximate surface area is 99.7 Å². The molecule has 0 saturated carbocycles. The number of hydrogen-bond acceptors (Lipinski definition) is 2. The molecule has 0 aliphatic heterocycles. The van der Waals surface area contributed by atoms with E-state index in [1.165, 1.54) is 6.92 Å². The van der Waals surface area contributed by atoms with Crippen LogP contribution in [0.15, 0.2) is 30.5 Å². The highest BCUT2D eigenvalue weighted by Gasteiger charge is 1.98. The van der Waals surface area contributed by atoms with Crippen LogP contribution in [0.2, 0.25) is 0 Å². The highest BCUT2D eigenvalue weighted by molar-refractivity contribution is 5.87. The molecule has 1 heterocycles. The fourth-order valence-corrected chi connectivity index (χ4v) is 1.68. The number of aromatic nitrogens is 2. The molecule has 1 aromatic carbocycles. The van der Waals surface area contributed by atoms with Gasteiger partial charge in [0, 0.05) is 18.9 Å². The van der Waals surface area contributed by atoms with Crippen molar-refractivity contribution in [3.05, 3.63) is 36.0 Å². The number of fused-ring (bicyclic) bond motifs is 1. The van der Waals surface area contributed by atoms with Crippen LogP contribution in [0, 0.1) is 0 Å². The molecule has 1 aromatic heterocycles. The van der Waals surface area contributed by atoms with Crippen LogP contribution in [0.3, 0.4) is 0 Å². The van der Waals surface area contributed by atoms with Crippen molar-refractivity contribution in [2.75, 3.05) is 6.54 Å². The first kappa shape index (κ1) is 11.4. The second-order valence-corrected chi connectivity index (χ2v) is 3.85. The van der Waals surface area contributed by atoms with Crippen LogP contribution in [0.1, 0.15) is 18.9 Å². The maximum absolute atomic E-state index is 10.7. The Morgan fingerprint density at radius 2 is 2.41 bits per heavy atom. The molecule has 2 N–H and O–H groups in total. The van der Waals surface area contributed by atoms with E-state index in [2.05, 4.69) is 27.7 Å². The van der Waals surface area contributed by atoms with Crippen LogP contribution < -0.4 is 5.32 Å².